The zero-order valence-corrected chi connectivity index (χ0v) is 10.2. The first-order valence-electron chi connectivity index (χ1n) is 5.99. The second-order valence-electron chi connectivity index (χ2n) is 4.21. The van der Waals surface area contributed by atoms with Gasteiger partial charge < -0.3 is 10.6 Å². The van der Waals surface area contributed by atoms with Crippen molar-refractivity contribution < 1.29 is 9.72 Å². The molecule has 0 radical (unpaired) electrons. The molecule has 0 unspecified atom stereocenters. The summed E-state index contributed by atoms with van der Waals surface area (Å²) in [6.07, 6.45) is 9.38. The fourth-order valence-corrected chi connectivity index (χ4v) is 1.90. The summed E-state index contributed by atoms with van der Waals surface area (Å²) in [4.78, 5) is 25.6. The molecule has 0 bridgehead atoms. The third-order valence-corrected chi connectivity index (χ3v) is 2.82. The number of carbonyl (C=O) groups excluding carboxylic acids is 1. The van der Waals surface area contributed by atoms with Crippen molar-refractivity contribution in [3.63, 3.8) is 0 Å². The van der Waals surface area contributed by atoms with Gasteiger partial charge in [0.1, 0.15) is 11.9 Å². The molecule has 0 spiro atoms. The van der Waals surface area contributed by atoms with Crippen molar-refractivity contribution in [1.29, 1.82) is 0 Å². The topological polar surface area (TPSA) is 97.2 Å². The van der Waals surface area contributed by atoms with Crippen molar-refractivity contribution in [3.05, 3.63) is 40.7 Å². The van der Waals surface area contributed by atoms with E-state index in [4.69, 9.17) is 0 Å². The minimum absolute atomic E-state index is 0.0188. The summed E-state index contributed by atoms with van der Waals surface area (Å²) in [6, 6.07) is 0.925. The van der Waals surface area contributed by atoms with Crippen LogP contribution >= 0.6 is 0 Å². The molecule has 1 atom stereocenters. The summed E-state index contributed by atoms with van der Waals surface area (Å²) < 4.78 is 0. The molecule has 19 heavy (non-hydrogen) atoms. The van der Waals surface area contributed by atoms with Crippen LogP contribution in [0.5, 0.6) is 0 Å². The van der Waals surface area contributed by atoms with Gasteiger partial charge in [0.2, 0.25) is 0 Å². The van der Waals surface area contributed by atoms with E-state index in [9.17, 15) is 14.9 Å². The Morgan fingerprint density at radius 1 is 1.53 bits per heavy atom. The molecular weight excluding hydrogens is 248 g/mol. The fourth-order valence-electron chi connectivity index (χ4n) is 1.90. The molecule has 1 aromatic heterocycles. The second-order valence-corrected chi connectivity index (χ2v) is 4.21. The molecule has 2 N–H and O–H groups in total. The average molecular weight is 262 g/mol. The number of carbonyl (C=O) groups is 1. The first kappa shape index (κ1) is 13.0. The quantitative estimate of drug-likeness (QED) is 0.495. The molecular formula is C12H14N4O3. The summed E-state index contributed by atoms with van der Waals surface area (Å²) in [7, 11) is 0. The number of hydrogen-bond donors (Lipinski definition) is 2. The van der Waals surface area contributed by atoms with Gasteiger partial charge in [-0.1, -0.05) is 12.2 Å². The lowest BCUT2D eigenvalue weighted by Gasteiger charge is -2.18. The van der Waals surface area contributed by atoms with Gasteiger partial charge in [-0.2, -0.15) is 0 Å². The largest absolute Gasteiger partial charge is 0.332 e. The zero-order valence-electron chi connectivity index (χ0n) is 10.2. The van der Waals surface area contributed by atoms with Gasteiger partial charge in [-0.15, -0.1) is 0 Å². The lowest BCUT2D eigenvalue weighted by atomic mass is 10.0. The first-order chi connectivity index (χ1) is 9.16. The minimum atomic E-state index is -0.580. The van der Waals surface area contributed by atoms with E-state index >= 15 is 0 Å². The average Bonchev–Trinajstić information content (AvgIpc) is 2.40. The maximum atomic E-state index is 11.8. The molecule has 100 valence electrons. The van der Waals surface area contributed by atoms with E-state index in [2.05, 4.69) is 15.6 Å². The third-order valence-electron chi connectivity index (χ3n) is 2.82. The van der Waals surface area contributed by atoms with Crippen LogP contribution in [-0.2, 0) is 0 Å². The van der Waals surface area contributed by atoms with E-state index < -0.39 is 11.0 Å². The Balaban J connectivity index is 2.00. The van der Waals surface area contributed by atoms with Gasteiger partial charge in [-0.25, -0.2) is 4.79 Å². The highest BCUT2D eigenvalue weighted by Gasteiger charge is 2.17. The molecule has 1 aliphatic rings. The van der Waals surface area contributed by atoms with Crippen LogP contribution in [-0.4, -0.2) is 22.0 Å². The molecule has 0 aliphatic heterocycles. The lowest BCUT2D eigenvalue weighted by molar-refractivity contribution is -0.384. The van der Waals surface area contributed by atoms with E-state index in [0.717, 1.165) is 25.5 Å². The Kier molecular flexibility index (Phi) is 4.07. The molecule has 0 aromatic carbocycles. The normalized spacial score (nSPS) is 17.8. The van der Waals surface area contributed by atoms with E-state index in [0.29, 0.717) is 0 Å². The maximum absolute atomic E-state index is 11.8. The number of aromatic nitrogens is 1. The maximum Gasteiger partial charge on any atom is 0.319 e. The molecule has 0 fully saturated rings. The van der Waals surface area contributed by atoms with Gasteiger partial charge in [0.05, 0.1) is 4.92 Å². The third kappa shape index (κ3) is 3.51. The summed E-state index contributed by atoms with van der Waals surface area (Å²) >= 11 is 0. The summed E-state index contributed by atoms with van der Waals surface area (Å²) in [5, 5.41) is 16.0. The Labute approximate surface area is 109 Å². The van der Waals surface area contributed by atoms with Crippen LogP contribution in [0.15, 0.2) is 30.6 Å². The molecule has 1 aromatic rings. The number of amides is 2. The van der Waals surface area contributed by atoms with Gasteiger partial charge >= 0.3 is 11.7 Å². The highest BCUT2D eigenvalue weighted by molar-refractivity contribution is 5.91. The fraction of sp³-hybridized carbons (Fsp3) is 0.333. The predicted molar refractivity (Wildman–Crippen MR) is 69.8 cm³/mol. The Morgan fingerprint density at radius 3 is 3.05 bits per heavy atom. The van der Waals surface area contributed by atoms with Crippen molar-refractivity contribution in [2.24, 2.45) is 0 Å². The van der Waals surface area contributed by atoms with Crippen LogP contribution in [0.4, 0.5) is 16.2 Å². The number of nitro groups is 1. The molecule has 7 heteroatoms. The van der Waals surface area contributed by atoms with Gasteiger partial charge in [0.25, 0.3) is 0 Å². The van der Waals surface area contributed by atoms with E-state index in [1.54, 1.807) is 0 Å². The van der Waals surface area contributed by atoms with Crippen molar-refractivity contribution in [2.45, 2.75) is 25.3 Å². The Morgan fingerprint density at radius 2 is 2.37 bits per heavy atom. The summed E-state index contributed by atoms with van der Waals surface area (Å²) in [6.45, 7) is 0. The van der Waals surface area contributed by atoms with Crippen LogP contribution < -0.4 is 10.6 Å². The number of hydrogen-bond acceptors (Lipinski definition) is 4. The van der Waals surface area contributed by atoms with Crippen LogP contribution in [0.2, 0.25) is 0 Å². The number of rotatable bonds is 3. The van der Waals surface area contributed by atoms with Gasteiger partial charge in [-0.05, 0) is 25.3 Å². The monoisotopic (exact) mass is 262 g/mol. The van der Waals surface area contributed by atoms with Crippen molar-refractivity contribution in [2.75, 3.05) is 5.32 Å². The molecule has 1 aliphatic carbocycles. The van der Waals surface area contributed by atoms with E-state index in [-0.39, 0.29) is 17.4 Å². The number of pyridine rings is 1. The van der Waals surface area contributed by atoms with Crippen molar-refractivity contribution in [3.8, 4) is 0 Å². The van der Waals surface area contributed by atoms with Gasteiger partial charge in [-0.3, -0.25) is 15.1 Å². The minimum Gasteiger partial charge on any atom is -0.332 e. The number of nitrogens with zero attached hydrogens (tertiary/aromatic N) is 2. The van der Waals surface area contributed by atoms with E-state index in [1.165, 1.54) is 12.3 Å². The van der Waals surface area contributed by atoms with Crippen LogP contribution in [0.25, 0.3) is 0 Å². The summed E-state index contributed by atoms with van der Waals surface area (Å²) in [5.74, 6) is 0. The standard InChI is InChI=1S/C12H14N4O3/c17-12(14-9-4-2-1-3-5-9)15-10-6-7-13-8-11(10)16(18)19/h2,4,6-9H,1,3,5H2,(H2,13,14,15,17)/t9-/m0/s1. The Hall–Kier alpha value is -2.44. The zero-order chi connectivity index (χ0) is 13.7. The molecule has 1 heterocycles. The van der Waals surface area contributed by atoms with Crippen LogP contribution in [0.3, 0.4) is 0 Å². The molecule has 2 rings (SSSR count). The van der Waals surface area contributed by atoms with Crippen LogP contribution in [0.1, 0.15) is 19.3 Å². The number of allylic oxidation sites excluding steroid dienone is 1. The highest BCUT2D eigenvalue weighted by Crippen LogP contribution is 2.21. The first-order valence-corrected chi connectivity index (χ1v) is 5.99. The van der Waals surface area contributed by atoms with Gasteiger partial charge in [0.15, 0.2) is 0 Å². The SMILES string of the molecule is O=C(Nc1ccncc1[N+](=O)[O-])N[C@H]1C=CCCC1. The molecule has 0 saturated heterocycles. The van der Waals surface area contributed by atoms with Crippen LogP contribution in [0, 0.1) is 10.1 Å². The lowest BCUT2D eigenvalue weighted by Crippen LogP contribution is -2.37. The van der Waals surface area contributed by atoms with Gasteiger partial charge in [0, 0.05) is 12.2 Å². The molecule has 2 amide bonds. The highest BCUT2D eigenvalue weighted by atomic mass is 16.6. The second kappa shape index (κ2) is 5.94. The predicted octanol–water partition coefficient (Wildman–Crippen LogP) is 2.22. The van der Waals surface area contributed by atoms with Crippen molar-refractivity contribution >= 4 is 17.4 Å². The van der Waals surface area contributed by atoms with Crippen molar-refractivity contribution in [1.82, 2.24) is 10.3 Å². The van der Waals surface area contributed by atoms with E-state index in [1.807, 2.05) is 12.2 Å². The number of urea groups is 1. The Bertz CT molecular complexity index is 515. The molecule has 0 saturated carbocycles. The molecule has 7 nitrogen and oxygen atoms in total. The number of anilines is 1. The number of nitrogens with one attached hydrogen (secondary N) is 2. The summed E-state index contributed by atoms with van der Waals surface area (Å²) in [5.41, 5.74) is -0.0888. The smallest absolute Gasteiger partial charge is 0.319 e.